The van der Waals surface area contributed by atoms with Gasteiger partial charge < -0.3 is 5.73 Å². The van der Waals surface area contributed by atoms with Gasteiger partial charge in [-0.3, -0.25) is 9.59 Å². The molecule has 1 amide bonds. The van der Waals surface area contributed by atoms with Gasteiger partial charge in [0.1, 0.15) is 0 Å². The van der Waals surface area contributed by atoms with Gasteiger partial charge in [-0.2, -0.15) is 0 Å². The lowest BCUT2D eigenvalue weighted by Gasteiger charge is -2.20. The minimum absolute atomic E-state index is 0.0897. The van der Waals surface area contributed by atoms with Crippen LogP contribution in [0.25, 0.3) is 0 Å². The van der Waals surface area contributed by atoms with Gasteiger partial charge in [-0.05, 0) is 17.5 Å². The van der Waals surface area contributed by atoms with E-state index in [2.05, 4.69) is 0 Å². The Balaban J connectivity index is 2.05. The van der Waals surface area contributed by atoms with E-state index in [1.54, 1.807) is 0 Å². The van der Waals surface area contributed by atoms with Crippen molar-refractivity contribution in [2.45, 2.75) is 26.7 Å². The number of nitrogens with two attached hydrogens (primary N) is 1. The smallest absolute Gasteiger partial charge is 0.223 e. The topological polar surface area (TPSA) is 60.2 Å². The van der Waals surface area contributed by atoms with Gasteiger partial charge in [0.15, 0.2) is 5.78 Å². The summed E-state index contributed by atoms with van der Waals surface area (Å²) in [4.78, 5) is 23.6. The maximum absolute atomic E-state index is 12.2. The lowest BCUT2D eigenvalue weighted by Crippen LogP contribution is -2.33. The monoisotopic (exact) mass is 295 g/mol. The molecule has 0 radical (unpaired) electrons. The summed E-state index contributed by atoms with van der Waals surface area (Å²) in [7, 11) is 0. The number of Topliss-reactive ketones (excluding diaryl/α,β-unsaturated/α-hetero) is 1. The van der Waals surface area contributed by atoms with E-state index in [0.29, 0.717) is 18.4 Å². The molecule has 0 aliphatic rings. The minimum atomic E-state index is -0.588. The molecule has 0 bridgehead atoms. The van der Waals surface area contributed by atoms with Crippen molar-refractivity contribution in [3.8, 4) is 0 Å². The normalized spacial score (nSPS) is 11.2. The van der Waals surface area contributed by atoms with Crippen LogP contribution in [-0.2, 0) is 17.6 Å². The summed E-state index contributed by atoms with van der Waals surface area (Å²) >= 11 is 0. The molecule has 0 saturated carbocycles. The number of amides is 1. The van der Waals surface area contributed by atoms with Crippen molar-refractivity contribution in [3.63, 3.8) is 0 Å². The van der Waals surface area contributed by atoms with Crippen molar-refractivity contribution in [2.24, 2.45) is 11.1 Å². The minimum Gasteiger partial charge on any atom is -0.369 e. The van der Waals surface area contributed by atoms with Crippen molar-refractivity contribution in [2.75, 3.05) is 0 Å². The summed E-state index contributed by atoms with van der Waals surface area (Å²) in [6, 6.07) is 17.1. The highest BCUT2D eigenvalue weighted by Crippen LogP contribution is 2.21. The second-order valence-electron chi connectivity index (χ2n) is 6.21. The Morgan fingerprint density at radius 3 is 2.05 bits per heavy atom. The Kier molecular flexibility index (Phi) is 4.76. The molecule has 0 heterocycles. The molecule has 0 fully saturated rings. The van der Waals surface area contributed by atoms with Gasteiger partial charge in [0.25, 0.3) is 0 Å². The van der Waals surface area contributed by atoms with E-state index in [1.807, 2.05) is 68.4 Å². The number of rotatable bonds is 6. The van der Waals surface area contributed by atoms with Crippen LogP contribution < -0.4 is 5.73 Å². The molecule has 0 saturated heterocycles. The molecule has 114 valence electrons. The first-order valence-electron chi connectivity index (χ1n) is 7.34. The number of carbonyl (C=O) groups excluding carboxylic acids is 2. The standard InChI is InChI=1S/C19H21NO2/c1-19(2,18(20)22)13-15-8-10-16(11-9-15)17(21)12-14-6-4-3-5-7-14/h3-11H,12-13H2,1-2H3,(H2,20,22). The zero-order valence-electron chi connectivity index (χ0n) is 13.0. The fraction of sp³-hybridized carbons (Fsp3) is 0.263. The van der Waals surface area contributed by atoms with Gasteiger partial charge in [-0.1, -0.05) is 68.4 Å². The second kappa shape index (κ2) is 6.56. The molecule has 3 nitrogen and oxygen atoms in total. The van der Waals surface area contributed by atoms with Gasteiger partial charge in [-0.15, -0.1) is 0 Å². The molecule has 22 heavy (non-hydrogen) atoms. The van der Waals surface area contributed by atoms with E-state index < -0.39 is 5.41 Å². The molecule has 2 rings (SSSR count). The highest BCUT2D eigenvalue weighted by atomic mass is 16.1. The molecule has 2 aromatic rings. The van der Waals surface area contributed by atoms with Gasteiger partial charge in [-0.25, -0.2) is 0 Å². The highest BCUT2D eigenvalue weighted by Gasteiger charge is 2.25. The van der Waals surface area contributed by atoms with E-state index in [4.69, 9.17) is 5.73 Å². The summed E-state index contributed by atoms with van der Waals surface area (Å²) in [5.41, 5.74) is 7.49. The van der Waals surface area contributed by atoms with Gasteiger partial charge in [0.2, 0.25) is 5.91 Å². The van der Waals surface area contributed by atoms with Gasteiger partial charge >= 0.3 is 0 Å². The molecule has 3 heteroatoms. The molecule has 2 N–H and O–H groups in total. The van der Waals surface area contributed by atoms with Crippen LogP contribution in [0.3, 0.4) is 0 Å². The number of primary amides is 1. The third kappa shape index (κ3) is 4.04. The molecular formula is C19H21NO2. The zero-order chi connectivity index (χ0) is 16.2. The van der Waals surface area contributed by atoms with Crippen LogP contribution >= 0.6 is 0 Å². The maximum atomic E-state index is 12.2. The van der Waals surface area contributed by atoms with Crippen LogP contribution in [0.5, 0.6) is 0 Å². The SMILES string of the molecule is CC(C)(Cc1ccc(C(=O)Cc2ccccc2)cc1)C(N)=O. The van der Waals surface area contributed by atoms with E-state index in [9.17, 15) is 9.59 Å². The fourth-order valence-electron chi connectivity index (χ4n) is 2.29. The van der Waals surface area contributed by atoms with Crippen molar-refractivity contribution < 1.29 is 9.59 Å². The summed E-state index contributed by atoms with van der Waals surface area (Å²) in [5, 5.41) is 0. The van der Waals surface area contributed by atoms with Crippen molar-refractivity contribution in [1.82, 2.24) is 0 Å². The Hall–Kier alpha value is -2.42. The highest BCUT2D eigenvalue weighted by molar-refractivity contribution is 5.97. The summed E-state index contributed by atoms with van der Waals surface area (Å²) in [5.74, 6) is -0.233. The van der Waals surface area contributed by atoms with Crippen LogP contribution in [0.15, 0.2) is 54.6 Å². The van der Waals surface area contributed by atoms with Crippen molar-refractivity contribution in [3.05, 3.63) is 71.3 Å². The van der Waals surface area contributed by atoms with Crippen LogP contribution in [-0.4, -0.2) is 11.7 Å². The summed E-state index contributed by atoms with van der Waals surface area (Å²) < 4.78 is 0. The lowest BCUT2D eigenvalue weighted by atomic mass is 9.85. The average Bonchev–Trinajstić information content (AvgIpc) is 2.48. The van der Waals surface area contributed by atoms with Gasteiger partial charge in [0, 0.05) is 17.4 Å². The zero-order valence-corrected chi connectivity index (χ0v) is 13.0. The van der Waals surface area contributed by atoms with Crippen LogP contribution in [0.1, 0.15) is 35.3 Å². The molecule has 0 spiro atoms. The molecule has 0 aliphatic carbocycles. The van der Waals surface area contributed by atoms with E-state index in [-0.39, 0.29) is 11.7 Å². The molecule has 0 aromatic heterocycles. The molecule has 2 aromatic carbocycles. The predicted molar refractivity (Wildman–Crippen MR) is 87.6 cm³/mol. The Bertz CT molecular complexity index is 658. The Morgan fingerprint density at radius 2 is 1.50 bits per heavy atom. The first-order chi connectivity index (χ1) is 10.4. The molecule has 0 unspecified atom stereocenters. The third-order valence-corrected chi connectivity index (χ3v) is 3.80. The maximum Gasteiger partial charge on any atom is 0.223 e. The van der Waals surface area contributed by atoms with Crippen molar-refractivity contribution in [1.29, 1.82) is 0 Å². The first kappa shape index (κ1) is 16.0. The van der Waals surface area contributed by atoms with Gasteiger partial charge in [0.05, 0.1) is 0 Å². The number of carbonyl (C=O) groups is 2. The van der Waals surface area contributed by atoms with Crippen LogP contribution in [0.2, 0.25) is 0 Å². The lowest BCUT2D eigenvalue weighted by molar-refractivity contribution is -0.125. The molecular weight excluding hydrogens is 274 g/mol. The van der Waals surface area contributed by atoms with Crippen molar-refractivity contribution >= 4 is 11.7 Å². The molecule has 0 aliphatic heterocycles. The Labute approximate surface area is 131 Å². The quantitative estimate of drug-likeness (QED) is 0.832. The fourth-order valence-corrected chi connectivity index (χ4v) is 2.29. The average molecular weight is 295 g/mol. The van der Waals surface area contributed by atoms with Crippen LogP contribution in [0, 0.1) is 5.41 Å². The number of benzene rings is 2. The Morgan fingerprint density at radius 1 is 0.909 bits per heavy atom. The van der Waals surface area contributed by atoms with E-state index in [0.717, 1.165) is 11.1 Å². The van der Waals surface area contributed by atoms with Crippen LogP contribution in [0.4, 0.5) is 0 Å². The first-order valence-corrected chi connectivity index (χ1v) is 7.34. The number of ketones is 1. The van der Waals surface area contributed by atoms with E-state index >= 15 is 0 Å². The van der Waals surface area contributed by atoms with E-state index in [1.165, 1.54) is 0 Å². The second-order valence-corrected chi connectivity index (χ2v) is 6.21. The largest absolute Gasteiger partial charge is 0.369 e. The number of hydrogen-bond acceptors (Lipinski definition) is 2. The third-order valence-electron chi connectivity index (χ3n) is 3.80. The molecule has 0 atom stereocenters. The summed E-state index contributed by atoms with van der Waals surface area (Å²) in [6.07, 6.45) is 0.961. The number of hydrogen-bond donors (Lipinski definition) is 1. The summed E-state index contributed by atoms with van der Waals surface area (Å²) in [6.45, 7) is 3.65. The predicted octanol–water partition coefficient (Wildman–Crippen LogP) is 3.17.